The minimum absolute atomic E-state index is 0.216. The summed E-state index contributed by atoms with van der Waals surface area (Å²) in [5.74, 6) is 0.216. The lowest BCUT2D eigenvalue weighted by Gasteiger charge is -2.37. The van der Waals surface area contributed by atoms with Gasteiger partial charge >= 0.3 is 0 Å². The molecule has 1 saturated heterocycles. The van der Waals surface area contributed by atoms with Crippen LogP contribution in [0.15, 0.2) is 46.9 Å². The zero-order valence-corrected chi connectivity index (χ0v) is 15.8. The number of benzene rings is 2. The Balaban J connectivity index is 1.60. The summed E-state index contributed by atoms with van der Waals surface area (Å²) in [6.07, 6.45) is 0.475. The van der Waals surface area contributed by atoms with Crippen molar-refractivity contribution < 1.29 is 4.79 Å². The molecule has 0 N–H and O–H groups in total. The van der Waals surface area contributed by atoms with E-state index >= 15 is 0 Å². The van der Waals surface area contributed by atoms with Gasteiger partial charge in [-0.05, 0) is 48.7 Å². The van der Waals surface area contributed by atoms with Crippen molar-refractivity contribution in [1.82, 2.24) is 4.90 Å². The Morgan fingerprint density at radius 1 is 1.04 bits per heavy atom. The van der Waals surface area contributed by atoms with Crippen molar-refractivity contribution in [2.24, 2.45) is 0 Å². The molecule has 1 aliphatic rings. The molecule has 126 valence electrons. The third kappa shape index (κ3) is 3.99. The van der Waals surface area contributed by atoms with E-state index in [1.807, 2.05) is 29.2 Å². The molecule has 2 aromatic carbocycles. The number of carbonyl (C=O) groups is 1. The molecule has 0 aliphatic carbocycles. The molecule has 0 aromatic heterocycles. The van der Waals surface area contributed by atoms with Gasteiger partial charge in [0.05, 0.1) is 6.42 Å². The van der Waals surface area contributed by atoms with E-state index in [2.05, 4.69) is 52.9 Å². The quantitative estimate of drug-likeness (QED) is 0.796. The number of piperazine rings is 1. The van der Waals surface area contributed by atoms with Crippen molar-refractivity contribution in [3.8, 4) is 0 Å². The highest BCUT2D eigenvalue weighted by molar-refractivity contribution is 9.10. The first kappa shape index (κ1) is 17.0. The number of aryl methyl sites for hydroxylation is 2. The third-order valence-corrected chi connectivity index (χ3v) is 5.08. The number of hydrogen-bond donors (Lipinski definition) is 0. The fraction of sp³-hybridized carbons (Fsp3) is 0.350. The van der Waals surface area contributed by atoms with Gasteiger partial charge in [-0.3, -0.25) is 4.79 Å². The topological polar surface area (TPSA) is 23.6 Å². The number of rotatable bonds is 3. The molecular formula is C20H23BrN2O. The van der Waals surface area contributed by atoms with Crippen molar-refractivity contribution in [1.29, 1.82) is 0 Å². The summed E-state index contributed by atoms with van der Waals surface area (Å²) in [5.41, 5.74) is 4.94. The molecule has 1 fully saturated rings. The Bertz CT molecular complexity index is 736. The average molecular weight is 387 g/mol. The smallest absolute Gasteiger partial charge is 0.227 e. The number of halogens is 1. The van der Waals surface area contributed by atoms with Crippen LogP contribution in [0.3, 0.4) is 0 Å². The first-order valence-corrected chi connectivity index (χ1v) is 9.16. The monoisotopic (exact) mass is 386 g/mol. The Kier molecular flexibility index (Phi) is 5.24. The van der Waals surface area contributed by atoms with Gasteiger partial charge in [-0.2, -0.15) is 0 Å². The molecule has 0 atom stereocenters. The SMILES string of the molecule is Cc1ccc(C)c(N2CCN(C(=O)Cc3cccc(Br)c3)CC2)c1. The van der Waals surface area contributed by atoms with Gasteiger partial charge in [0, 0.05) is 36.3 Å². The highest BCUT2D eigenvalue weighted by Gasteiger charge is 2.22. The summed E-state index contributed by atoms with van der Waals surface area (Å²) in [6.45, 7) is 7.66. The summed E-state index contributed by atoms with van der Waals surface area (Å²) in [7, 11) is 0. The lowest BCUT2D eigenvalue weighted by Crippen LogP contribution is -2.49. The Hall–Kier alpha value is -1.81. The van der Waals surface area contributed by atoms with Crippen molar-refractivity contribution in [2.45, 2.75) is 20.3 Å². The second-order valence-corrected chi connectivity index (χ2v) is 7.38. The van der Waals surface area contributed by atoms with Crippen LogP contribution in [-0.4, -0.2) is 37.0 Å². The molecular weight excluding hydrogens is 364 g/mol. The molecule has 1 aliphatic heterocycles. The molecule has 1 amide bonds. The van der Waals surface area contributed by atoms with Crippen LogP contribution in [0.4, 0.5) is 5.69 Å². The molecule has 1 heterocycles. The predicted octanol–water partition coefficient (Wildman–Crippen LogP) is 3.96. The maximum atomic E-state index is 12.5. The molecule has 0 bridgehead atoms. The number of hydrogen-bond acceptors (Lipinski definition) is 2. The van der Waals surface area contributed by atoms with E-state index in [9.17, 15) is 4.79 Å². The number of amides is 1. The molecule has 0 saturated carbocycles. The largest absolute Gasteiger partial charge is 0.368 e. The minimum atomic E-state index is 0.216. The number of anilines is 1. The number of carbonyl (C=O) groups excluding carboxylic acids is 1. The third-order valence-electron chi connectivity index (χ3n) is 4.58. The van der Waals surface area contributed by atoms with Gasteiger partial charge in [-0.1, -0.05) is 40.2 Å². The summed E-state index contributed by atoms with van der Waals surface area (Å²) in [4.78, 5) is 16.9. The van der Waals surface area contributed by atoms with E-state index in [1.54, 1.807) is 0 Å². The van der Waals surface area contributed by atoms with E-state index in [0.717, 1.165) is 36.2 Å². The Labute approximate surface area is 152 Å². The van der Waals surface area contributed by atoms with E-state index in [1.165, 1.54) is 16.8 Å². The van der Waals surface area contributed by atoms with Gasteiger partial charge in [0.15, 0.2) is 0 Å². The normalized spacial score (nSPS) is 14.8. The molecule has 3 nitrogen and oxygen atoms in total. The van der Waals surface area contributed by atoms with Gasteiger partial charge < -0.3 is 9.80 Å². The van der Waals surface area contributed by atoms with Gasteiger partial charge in [-0.25, -0.2) is 0 Å². The van der Waals surface area contributed by atoms with Crippen molar-refractivity contribution in [2.75, 3.05) is 31.1 Å². The molecule has 4 heteroatoms. The first-order chi connectivity index (χ1) is 11.5. The summed E-state index contributed by atoms with van der Waals surface area (Å²) in [5, 5.41) is 0. The molecule has 24 heavy (non-hydrogen) atoms. The highest BCUT2D eigenvalue weighted by atomic mass is 79.9. The van der Waals surface area contributed by atoms with Crippen LogP contribution in [0, 0.1) is 13.8 Å². The fourth-order valence-electron chi connectivity index (χ4n) is 3.19. The van der Waals surface area contributed by atoms with Crippen molar-refractivity contribution >= 4 is 27.5 Å². The zero-order chi connectivity index (χ0) is 17.1. The lowest BCUT2D eigenvalue weighted by molar-refractivity contribution is -0.130. The fourth-order valence-corrected chi connectivity index (χ4v) is 3.64. The van der Waals surface area contributed by atoms with Crippen LogP contribution in [0.25, 0.3) is 0 Å². The van der Waals surface area contributed by atoms with E-state index in [-0.39, 0.29) is 5.91 Å². The first-order valence-electron chi connectivity index (χ1n) is 8.37. The molecule has 2 aromatic rings. The van der Waals surface area contributed by atoms with Crippen molar-refractivity contribution in [3.63, 3.8) is 0 Å². The van der Waals surface area contributed by atoms with E-state index in [0.29, 0.717) is 6.42 Å². The maximum absolute atomic E-state index is 12.5. The molecule has 0 unspecified atom stereocenters. The van der Waals surface area contributed by atoms with Gasteiger partial charge in [0.25, 0.3) is 0 Å². The van der Waals surface area contributed by atoms with Crippen LogP contribution < -0.4 is 4.90 Å². The zero-order valence-electron chi connectivity index (χ0n) is 14.3. The predicted molar refractivity (Wildman–Crippen MR) is 103 cm³/mol. The van der Waals surface area contributed by atoms with Crippen molar-refractivity contribution in [3.05, 3.63) is 63.6 Å². The molecule has 0 radical (unpaired) electrons. The lowest BCUT2D eigenvalue weighted by atomic mass is 10.1. The standard InChI is InChI=1S/C20H23BrN2O/c1-15-6-7-16(2)19(12-15)22-8-10-23(11-9-22)20(24)14-17-4-3-5-18(21)13-17/h3-7,12-13H,8-11,14H2,1-2H3. The molecule has 0 spiro atoms. The highest BCUT2D eigenvalue weighted by Crippen LogP contribution is 2.23. The number of nitrogens with zero attached hydrogens (tertiary/aromatic N) is 2. The second-order valence-electron chi connectivity index (χ2n) is 6.46. The van der Waals surface area contributed by atoms with Gasteiger partial charge in [0.2, 0.25) is 5.91 Å². The average Bonchev–Trinajstić information content (AvgIpc) is 2.57. The minimum Gasteiger partial charge on any atom is -0.368 e. The maximum Gasteiger partial charge on any atom is 0.227 e. The van der Waals surface area contributed by atoms with Gasteiger partial charge in [0.1, 0.15) is 0 Å². The Morgan fingerprint density at radius 2 is 1.79 bits per heavy atom. The summed E-state index contributed by atoms with van der Waals surface area (Å²) >= 11 is 3.46. The van der Waals surface area contributed by atoms with Crippen LogP contribution in [-0.2, 0) is 11.2 Å². The van der Waals surface area contributed by atoms with Crippen LogP contribution in [0.2, 0.25) is 0 Å². The Morgan fingerprint density at radius 3 is 2.50 bits per heavy atom. The van der Waals surface area contributed by atoms with Crippen LogP contribution in [0.1, 0.15) is 16.7 Å². The summed E-state index contributed by atoms with van der Waals surface area (Å²) < 4.78 is 1.02. The van der Waals surface area contributed by atoms with Gasteiger partial charge in [-0.15, -0.1) is 0 Å². The second kappa shape index (κ2) is 7.39. The van der Waals surface area contributed by atoms with E-state index in [4.69, 9.17) is 0 Å². The van der Waals surface area contributed by atoms with Crippen LogP contribution >= 0.6 is 15.9 Å². The molecule has 3 rings (SSSR count). The van der Waals surface area contributed by atoms with E-state index < -0.39 is 0 Å². The van der Waals surface area contributed by atoms with Crippen LogP contribution in [0.5, 0.6) is 0 Å². The summed E-state index contributed by atoms with van der Waals surface area (Å²) in [6, 6.07) is 14.6.